The summed E-state index contributed by atoms with van der Waals surface area (Å²) in [5.74, 6) is 3.56. The molecule has 2 nitrogen and oxygen atoms in total. The zero-order valence-corrected chi connectivity index (χ0v) is 8.53. The van der Waals surface area contributed by atoms with Gasteiger partial charge in [0.2, 0.25) is 5.91 Å². The van der Waals surface area contributed by atoms with Gasteiger partial charge >= 0.3 is 0 Å². The second-order valence-corrected chi connectivity index (χ2v) is 5.80. The molecule has 1 saturated heterocycles. The molecule has 0 bridgehead atoms. The average molecular weight is 197 g/mol. The van der Waals surface area contributed by atoms with Crippen molar-refractivity contribution in [2.24, 2.45) is 11.3 Å². The normalized spacial score (nSPS) is 46.5. The van der Waals surface area contributed by atoms with Crippen LogP contribution in [0.3, 0.4) is 0 Å². The molecule has 1 amide bonds. The van der Waals surface area contributed by atoms with Crippen molar-refractivity contribution in [1.82, 2.24) is 5.32 Å². The SMILES string of the molecule is O=C(NC1CCCSC1)C12CC1C2. The molecule has 0 aromatic heterocycles. The van der Waals surface area contributed by atoms with E-state index in [1.165, 1.54) is 31.4 Å². The molecular weight excluding hydrogens is 182 g/mol. The third kappa shape index (κ3) is 1.28. The molecule has 3 rings (SSSR count). The van der Waals surface area contributed by atoms with Crippen molar-refractivity contribution in [2.45, 2.75) is 31.7 Å². The van der Waals surface area contributed by atoms with Crippen LogP contribution in [0.15, 0.2) is 0 Å². The van der Waals surface area contributed by atoms with Crippen molar-refractivity contribution >= 4 is 17.7 Å². The first-order chi connectivity index (χ1) is 6.31. The van der Waals surface area contributed by atoms with Crippen LogP contribution in [-0.4, -0.2) is 23.5 Å². The van der Waals surface area contributed by atoms with Crippen LogP contribution in [0.2, 0.25) is 0 Å². The summed E-state index contributed by atoms with van der Waals surface area (Å²) in [6.45, 7) is 0. The average Bonchev–Trinajstić information content (AvgIpc) is 2.92. The Morgan fingerprint density at radius 2 is 2.23 bits per heavy atom. The van der Waals surface area contributed by atoms with E-state index < -0.39 is 0 Å². The largest absolute Gasteiger partial charge is 0.352 e. The minimum absolute atomic E-state index is 0.169. The van der Waals surface area contributed by atoms with Gasteiger partial charge in [-0.3, -0.25) is 4.79 Å². The number of thioether (sulfide) groups is 1. The molecule has 0 radical (unpaired) electrons. The van der Waals surface area contributed by atoms with Crippen LogP contribution in [0.1, 0.15) is 25.7 Å². The van der Waals surface area contributed by atoms with Gasteiger partial charge in [-0.1, -0.05) is 0 Å². The summed E-state index contributed by atoms with van der Waals surface area (Å²) in [5.41, 5.74) is 0.169. The molecule has 72 valence electrons. The Labute approximate surface area is 82.8 Å². The first kappa shape index (κ1) is 8.16. The minimum atomic E-state index is 0.169. The lowest BCUT2D eigenvalue weighted by Gasteiger charge is -2.23. The third-order valence-electron chi connectivity index (χ3n) is 3.63. The van der Waals surface area contributed by atoms with E-state index in [9.17, 15) is 4.79 Å². The number of amides is 1. The molecule has 1 unspecified atom stereocenters. The lowest BCUT2D eigenvalue weighted by Crippen LogP contribution is -2.40. The van der Waals surface area contributed by atoms with Crippen molar-refractivity contribution in [1.29, 1.82) is 0 Å². The van der Waals surface area contributed by atoms with Crippen LogP contribution in [0, 0.1) is 11.3 Å². The Balaban J connectivity index is 1.53. The molecule has 3 fully saturated rings. The summed E-state index contributed by atoms with van der Waals surface area (Å²) in [4.78, 5) is 11.7. The fraction of sp³-hybridized carbons (Fsp3) is 0.900. The number of hydrogen-bond acceptors (Lipinski definition) is 2. The second kappa shape index (κ2) is 2.66. The predicted octanol–water partition coefficient (Wildman–Crippen LogP) is 1.41. The van der Waals surface area contributed by atoms with Gasteiger partial charge in [-0.05, 0) is 37.4 Å². The van der Waals surface area contributed by atoms with Crippen LogP contribution in [0.4, 0.5) is 0 Å². The molecule has 3 aliphatic rings. The zero-order valence-electron chi connectivity index (χ0n) is 7.71. The smallest absolute Gasteiger partial charge is 0.226 e. The number of carbonyl (C=O) groups excluding carboxylic acids is 1. The summed E-state index contributed by atoms with van der Waals surface area (Å²) in [7, 11) is 0. The fourth-order valence-electron chi connectivity index (χ4n) is 2.26. The summed E-state index contributed by atoms with van der Waals surface area (Å²) < 4.78 is 0. The van der Waals surface area contributed by atoms with E-state index in [2.05, 4.69) is 5.32 Å². The molecule has 2 saturated carbocycles. The lowest BCUT2D eigenvalue weighted by atomic mass is 10.1. The monoisotopic (exact) mass is 197 g/mol. The number of fused-ring (bicyclic) bond motifs is 1. The van der Waals surface area contributed by atoms with E-state index in [1.807, 2.05) is 11.8 Å². The van der Waals surface area contributed by atoms with Crippen LogP contribution < -0.4 is 5.32 Å². The van der Waals surface area contributed by atoms with Crippen LogP contribution in [-0.2, 0) is 4.79 Å². The maximum Gasteiger partial charge on any atom is 0.226 e. The van der Waals surface area contributed by atoms with Crippen molar-refractivity contribution in [3.63, 3.8) is 0 Å². The molecule has 0 spiro atoms. The number of carbonyl (C=O) groups is 1. The van der Waals surface area contributed by atoms with E-state index in [-0.39, 0.29) is 5.41 Å². The Bertz CT molecular complexity index is 241. The van der Waals surface area contributed by atoms with Gasteiger partial charge in [0.25, 0.3) is 0 Å². The molecular formula is C10H15NOS. The summed E-state index contributed by atoms with van der Waals surface area (Å²) in [5, 5.41) is 3.20. The predicted molar refractivity (Wildman–Crippen MR) is 53.6 cm³/mol. The molecule has 13 heavy (non-hydrogen) atoms. The first-order valence-electron chi connectivity index (χ1n) is 5.20. The van der Waals surface area contributed by atoms with Crippen LogP contribution in [0.5, 0.6) is 0 Å². The molecule has 2 aliphatic carbocycles. The van der Waals surface area contributed by atoms with E-state index in [0.29, 0.717) is 11.9 Å². The van der Waals surface area contributed by atoms with Gasteiger partial charge in [0.15, 0.2) is 0 Å². The lowest BCUT2D eigenvalue weighted by molar-refractivity contribution is -0.124. The summed E-state index contributed by atoms with van der Waals surface area (Å²) in [6.07, 6.45) is 4.82. The van der Waals surface area contributed by atoms with Gasteiger partial charge in [-0.25, -0.2) is 0 Å². The van der Waals surface area contributed by atoms with Gasteiger partial charge in [0.05, 0.1) is 5.41 Å². The van der Waals surface area contributed by atoms with Crippen molar-refractivity contribution < 1.29 is 4.79 Å². The maximum atomic E-state index is 11.7. The molecule has 1 atom stereocenters. The second-order valence-electron chi connectivity index (χ2n) is 4.65. The highest BCUT2D eigenvalue weighted by atomic mass is 32.2. The van der Waals surface area contributed by atoms with E-state index in [0.717, 1.165) is 11.7 Å². The van der Waals surface area contributed by atoms with Gasteiger partial charge < -0.3 is 5.32 Å². The molecule has 0 aromatic rings. The van der Waals surface area contributed by atoms with E-state index in [1.54, 1.807) is 0 Å². The van der Waals surface area contributed by atoms with Crippen LogP contribution >= 0.6 is 11.8 Å². The quantitative estimate of drug-likeness (QED) is 0.725. The van der Waals surface area contributed by atoms with E-state index in [4.69, 9.17) is 0 Å². The van der Waals surface area contributed by atoms with Crippen molar-refractivity contribution in [3.05, 3.63) is 0 Å². The molecule has 1 aliphatic heterocycles. The molecule has 1 N–H and O–H groups in total. The molecule has 0 aromatic carbocycles. The van der Waals surface area contributed by atoms with Crippen molar-refractivity contribution in [2.75, 3.05) is 11.5 Å². The third-order valence-corrected chi connectivity index (χ3v) is 4.85. The van der Waals surface area contributed by atoms with E-state index >= 15 is 0 Å². The Hall–Kier alpha value is -0.180. The maximum absolute atomic E-state index is 11.7. The number of rotatable bonds is 2. The minimum Gasteiger partial charge on any atom is -0.352 e. The highest BCUT2D eigenvalue weighted by molar-refractivity contribution is 7.99. The number of hydrogen-bond donors (Lipinski definition) is 1. The van der Waals surface area contributed by atoms with Crippen LogP contribution in [0.25, 0.3) is 0 Å². The highest BCUT2D eigenvalue weighted by Gasteiger charge is 2.74. The molecule has 1 heterocycles. The Morgan fingerprint density at radius 1 is 1.46 bits per heavy atom. The zero-order chi connectivity index (χ0) is 8.89. The molecule has 3 heteroatoms. The summed E-state index contributed by atoms with van der Waals surface area (Å²) in [6, 6.07) is 0.475. The topological polar surface area (TPSA) is 29.1 Å². The van der Waals surface area contributed by atoms with Crippen molar-refractivity contribution in [3.8, 4) is 0 Å². The van der Waals surface area contributed by atoms with Gasteiger partial charge in [0, 0.05) is 11.8 Å². The van der Waals surface area contributed by atoms with Gasteiger partial charge in [0.1, 0.15) is 0 Å². The first-order valence-corrected chi connectivity index (χ1v) is 6.35. The fourth-order valence-corrected chi connectivity index (χ4v) is 3.33. The standard InChI is InChI=1S/C10H15NOS/c12-9(10-4-7(10)5-10)11-8-2-1-3-13-6-8/h7-8H,1-6H2,(H,11,12). The van der Waals surface area contributed by atoms with Gasteiger partial charge in [-0.15, -0.1) is 0 Å². The van der Waals surface area contributed by atoms with Gasteiger partial charge in [-0.2, -0.15) is 11.8 Å². The number of nitrogens with one attached hydrogen (secondary N) is 1. The Morgan fingerprint density at radius 3 is 2.77 bits per heavy atom. The highest BCUT2D eigenvalue weighted by Crippen LogP contribution is 2.75. The summed E-state index contributed by atoms with van der Waals surface area (Å²) >= 11 is 1.97. The Kier molecular flexibility index (Phi) is 1.67.